The molecular weight excluding hydrogens is 340 g/mol. The second-order valence-electron chi connectivity index (χ2n) is 6.90. The molecule has 0 spiro atoms. The molecule has 2 rings (SSSR count). The molecule has 1 heterocycles. The van der Waals surface area contributed by atoms with E-state index >= 15 is 0 Å². The van der Waals surface area contributed by atoms with Gasteiger partial charge in [-0.05, 0) is 24.5 Å². The number of rotatable bonds is 9. The Kier molecular flexibility index (Phi) is 7.42. The number of carbonyl (C=O) groups excluding carboxylic acids is 2. The van der Waals surface area contributed by atoms with Crippen molar-refractivity contribution in [2.75, 3.05) is 7.05 Å². The number of amides is 2. The number of aromatic nitrogens is 1. The number of nitrogens with one attached hydrogen (secondary N) is 2. The minimum absolute atomic E-state index is 0.106. The minimum Gasteiger partial charge on any atom is -0.361 e. The van der Waals surface area contributed by atoms with Crippen molar-refractivity contribution in [3.05, 3.63) is 36.0 Å². The summed E-state index contributed by atoms with van der Waals surface area (Å²) in [4.78, 5) is 29.6. The van der Waals surface area contributed by atoms with Crippen LogP contribution in [0.3, 0.4) is 0 Å². The van der Waals surface area contributed by atoms with Crippen molar-refractivity contribution in [1.29, 1.82) is 5.26 Å². The Hall–Kier alpha value is -2.81. The summed E-state index contributed by atoms with van der Waals surface area (Å²) in [5.41, 5.74) is 1.92. The highest BCUT2D eigenvalue weighted by molar-refractivity contribution is 5.90. The average Bonchev–Trinajstić information content (AvgIpc) is 3.09. The van der Waals surface area contributed by atoms with Crippen LogP contribution in [0.1, 0.15) is 45.1 Å². The van der Waals surface area contributed by atoms with Crippen LogP contribution in [0.2, 0.25) is 0 Å². The van der Waals surface area contributed by atoms with E-state index in [1.165, 1.54) is 7.05 Å². The third-order valence-electron chi connectivity index (χ3n) is 4.84. The molecule has 144 valence electrons. The van der Waals surface area contributed by atoms with E-state index in [9.17, 15) is 9.59 Å². The summed E-state index contributed by atoms with van der Waals surface area (Å²) >= 11 is 0. The lowest BCUT2D eigenvalue weighted by molar-refractivity contribution is -0.134. The van der Waals surface area contributed by atoms with E-state index in [0.29, 0.717) is 6.42 Å². The zero-order chi connectivity index (χ0) is 19.8. The van der Waals surface area contributed by atoms with E-state index in [1.807, 2.05) is 50.5 Å². The number of hydrogen-bond acceptors (Lipinski definition) is 3. The number of nitriles is 1. The van der Waals surface area contributed by atoms with Crippen LogP contribution in [-0.4, -0.2) is 34.8 Å². The Balaban J connectivity index is 2.24. The molecule has 0 radical (unpaired) electrons. The molecule has 2 amide bonds. The Morgan fingerprint density at radius 1 is 1.22 bits per heavy atom. The molecule has 6 nitrogen and oxygen atoms in total. The predicted octanol–water partition coefficient (Wildman–Crippen LogP) is 3.35. The number of benzene rings is 1. The van der Waals surface area contributed by atoms with Crippen LogP contribution in [0, 0.1) is 17.4 Å². The predicted molar refractivity (Wildman–Crippen MR) is 106 cm³/mol. The van der Waals surface area contributed by atoms with Crippen LogP contribution < -0.4 is 5.32 Å². The summed E-state index contributed by atoms with van der Waals surface area (Å²) in [6, 6.07) is 7.06. The van der Waals surface area contributed by atoms with Gasteiger partial charge in [0.1, 0.15) is 6.04 Å². The summed E-state index contributed by atoms with van der Waals surface area (Å²) in [6.07, 6.45) is 7.45. The quantitative estimate of drug-likeness (QED) is 0.525. The summed E-state index contributed by atoms with van der Waals surface area (Å²) < 4.78 is 0. The first kappa shape index (κ1) is 20.5. The molecule has 1 atom stereocenters. The van der Waals surface area contributed by atoms with Crippen LogP contribution in [0.4, 0.5) is 0 Å². The van der Waals surface area contributed by atoms with Gasteiger partial charge in [-0.2, -0.15) is 5.26 Å². The van der Waals surface area contributed by atoms with Crippen molar-refractivity contribution in [1.82, 2.24) is 15.2 Å². The van der Waals surface area contributed by atoms with Crippen molar-refractivity contribution >= 4 is 22.7 Å². The summed E-state index contributed by atoms with van der Waals surface area (Å²) in [5.74, 6) is -0.614. The van der Waals surface area contributed by atoms with Gasteiger partial charge in [-0.15, -0.1) is 0 Å². The van der Waals surface area contributed by atoms with Crippen molar-refractivity contribution < 1.29 is 9.59 Å². The van der Waals surface area contributed by atoms with Gasteiger partial charge < -0.3 is 10.3 Å². The van der Waals surface area contributed by atoms with E-state index in [0.717, 1.165) is 47.0 Å². The lowest BCUT2D eigenvalue weighted by Crippen LogP contribution is -2.49. The molecule has 0 aliphatic heterocycles. The number of H-pyrrole nitrogens is 1. The second-order valence-corrected chi connectivity index (χ2v) is 6.90. The zero-order valence-corrected chi connectivity index (χ0v) is 16.3. The Morgan fingerprint density at radius 3 is 2.52 bits per heavy atom. The lowest BCUT2D eigenvalue weighted by Gasteiger charge is -2.23. The smallest absolute Gasteiger partial charge is 0.258 e. The fourth-order valence-corrected chi connectivity index (χ4v) is 3.40. The Labute approximate surface area is 160 Å². The molecule has 0 bridgehead atoms. The number of carbonyl (C=O) groups is 2. The van der Waals surface area contributed by atoms with Gasteiger partial charge >= 0.3 is 0 Å². The van der Waals surface area contributed by atoms with Crippen LogP contribution in [0.25, 0.3) is 10.9 Å². The van der Waals surface area contributed by atoms with Crippen LogP contribution >= 0.6 is 0 Å². The normalized spacial score (nSPS) is 12.0. The minimum atomic E-state index is -0.766. The van der Waals surface area contributed by atoms with Gasteiger partial charge in [0.15, 0.2) is 6.19 Å². The molecule has 0 fully saturated rings. The summed E-state index contributed by atoms with van der Waals surface area (Å²) in [7, 11) is 1.42. The lowest BCUT2D eigenvalue weighted by atomic mass is 9.96. The number of aromatic amines is 1. The van der Waals surface area contributed by atoms with Crippen LogP contribution in [-0.2, 0) is 16.0 Å². The molecule has 2 aromatic rings. The molecule has 0 aliphatic carbocycles. The number of nitrogens with zero attached hydrogens (tertiary/aromatic N) is 2. The summed E-state index contributed by atoms with van der Waals surface area (Å²) in [5, 5.41) is 13.0. The van der Waals surface area contributed by atoms with Gasteiger partial charge in [0, 0.05) is 36.5 Å². The molecule has 0 aliphatic rings. The van der Waals surface area contributed by atoms with E-state index in [-0.39, 0.29) is 11.8 Å². The molecule has 27 heavy (non-hydrogen) atoms. The first-order valence-corrected chi connectivity index (χ1v) is 9.54. The van der Waals surface area contributed by atoms with Crippen LogP contribution in [0.15, 0.2) is 30.5 Å². The zero-order valence-electron chi connectivity index (χ0n) is 16.3. The SMILES string of the molecule is CCCC(CCC)C(=O)NC(Cc1c[nH]c2ccccc12)C(=O)N(C)C#N. The molecule has 1 unspecified atom stereocenters. The van der Waals surface area contributed by atoms with Gasteiger partial charge in [0.05, 0.1) is 0 Å². The highest BCUT2D eigenvalue weighted by Crippen LogP contribution is 2.20. The second kappa shape index (κ2) is 9.77. The van der Waals surface area contributed by atoms with E-state index in [1.54, 1.807) is 0 Å². The van der Waals surface area contributed by atoms with Gasteiger partial charge in [-0.3, -0.25) is 14.5 Å². The molecular formula is C21H28N4O2. The Morgan fingerprint density at radius 2 is 1.89 bits per heavy atom. The van der Waals surface area contributed by atoms with E-state index in [2.05, 4.69) is 10.3 Å². The topological polar surface area (TPSA) is 89.0 Å². The van der Waals surface area contributed by atoms with E-state index < -0.39 is 11.9 Å². The number of hydrogen-bond donors (Lipinski definition) is 2. The maximum absolute atomic E-state index is 12.8. The fourth-order valence-electron chi connectivity index (χ4n) is 3.40. The first-order chi connectivity index (χ1) is 13.0. The molecule has 6 heteroatoms. The van der Waals surface area contributed by atoms with Crippen molar-refractivity contribution in [2.24, 2.45) is 5.92 Å². The maximum Gasteiger partial charge on any atom is 0.258 e. The van der Waals surface area contributed by atoms with E-state index in [4.69, 9.17) is 5.26 Å². The highest BCUT2D eigenvalue weighted by Gasteiger charge is 2.28. The highest BCUT2D eigenvalue weighted by atomic mass is 16.2. The third-order valence-corrected chi connectivity index (χ3v) is 4.84. The summed E-state index contributed by atoms with van der Waals surface area (Å²) in [6.45, 7) is 4.10. The Bertz CT molecular complexity index is 815. The van der Waals surface area contributed by atoms with Crippen molar-refractivity contribution in [2.45, 2.75) is 52.0 Å². The monoisotopic (exact) mass is 368 g/mol. The maximum atomic E-state index is 12.8. The first-order valence-electron chi connectivity index (χ1n) is 9.54. The van der Waals surface area contributed by atoms with Gasteiger partial charge in [-0.25, -0.2) is 0 Å². The standard InChI is InChI=1S/C21H28N4O2/c1-4-8-15(9-5-2)20(26)24-19(21(27)25(3)14-22)12-16-13-23-18-11-7-6-10-17(16)18/h6-7,10-11,13,15,19,23H,4-5,8-9,12H2,1-3H3,(H,24,26). The largest absolute Gasteiger partial charge is 0.361 e. The molecule has 2 N–H and O–H groups in total. The fraction of sp³-hybridized carbons (Fsp3) is 0.476. The van der Waals surface area contributed by atoms with Crippen LogP contribution in [0.5, 0.6) is 0 Å². The average molecular weight is 368 g/mol. The number of fused-ring (bicyclic) bond motifs is 1. The molecule has 1 aromatic heterocycles. The van der Waals surface area contributed by atoms with Crippen molar-refractivity contribution in [3.8, 4) is 6.19 Å². The van der Waals surface area contributed by atoms with Crippen molar-refractivity contribution in [3.63, 3.8) is 0 Å². The molecule has 0 saturated heterocycles. The number of para-hydroxylation sites is 1. The van der Waals surface area contributed by atoms with Gasteiger partial charge in [0.25, 0.3) is 5.91 Å². The third kappa shape index (κ3) is 5.10. The van der Waals surface area contributed by atoms with Gasteiger partial charge in [-0.1, -0.05) is 44.9 Å². The van der Waals surface area contributed by atoms with Gasteiger partial charge in [0.2, 0.25) is 5.91 Å². The molecule has 0 saturated carbocycles. The molecule has 1 aromatic carbocycles. The number of likely N-dealkylation sites (N-methyl/N-ethyl adjacent to an activating group) is 1.